The highest BCUT2D eigenvalue weighted by Crippen LogP contribution is 2.49. The molecular weight excluding hydrogens is 242 g/mol. The Morgan fingerprint density at radius 3 is 1.70 bits per heavy atom. The SMILES string of the molecule is CCC1(CC)CCC(C)CC(CC)(CC)N1C(C)(C)C. The molecule has 1 heteroatoms. The highest BCUT2D eigenvalue weighted by atomic mass is 15.3. The molecule has 0 saturated carbocycles. The normalized spacial score (nSPS) is 27.3. The second-order valence-electron chi connectivity index (χ2n) is 8.22. The van der Waals surface area contributed by atoms with Crippen LogP contribution in [0.4, 0.5) is 0 Å². The van der Waals surface area contributed by atoms with E-state index >= 15 is 0 Å². The fraction of sp³-hybridized carbons (Fsp3) is 1.00. The van der Waals surface area contributed by atoms with Crippen LogP contribution in [0.2, 0.25) is 0 Å². The lowest BCUT2D eigenvalue weighted by molar-refractivity contribution is -0.0964. The molecule has 1 fully saturated rings. The van der Waals surface area contributed by atoms with Gasteiger partial charge in [0.1, 0.15) is 0 Å². The van der Waals surface area contributed by atoms with E-state index in [1.807, 2.05) is 0 Å². The highest BCUT2D eigenvalue weighted by molar-refractivity contribution is 5.07. The first-order valence-corrected chi connectivity index (χ1v) is 9.01. The summed E-state index contributed by atoms with van der Waals surface area (Å²) in [6.07, 6.45) is 9.29. The summed E-state index contributed by atoms with van der Waals surface area (Å²) in [6, 6.07) is 0. The topological polar surface area (TPSA) is 3.24 Å². The molecule has 1 nitrogen and oxygen atoms in total. The number of likely N-dealkylation sites (tertiary alicyclic amines) is 1. The van der Waals surface area contributed by atoms with Crippen molar-refractivity contribution in [1.29, 1.82) is 0 Å². The standard InChI is InChI=1S/C19H39N/c1-9-18(10-2)14-13-16(5)15-19(11-3,12-4)20(18)17(6,7)8/h16H,9-15H2,1-8H3. The zero-order valence-corrected chi connectivity index (χ0v) is 15.5. The van der Waals surface area contributed by atoms with Crippen molar-refractivity contribution < 1.29 is 0 Å². The predicted octanol–water partition coefficient (Wildman–Crippen LogP) is 6.02. The molecule has 1 aliphatic heterocycles. The minimum absolute atomic E-state index is 0.252. The molecule has 0 aromatic carbocycles. The Kier molecular flexibility index (Phi) is 5.75. The highest BCUT2D eigenvalue weighted by Gasteiger charge is 2.51. The van der Waals surface area contributed by atoms with Gasteiger partial charge in [0.25, 0.3) is 0 Å². The van der Waals surface area contributed by atoms with Gasteiger partial charge in [-0.1, -0.05) is 34.6 Å². The zero-order valence-electron chi connectivity index (χ0n) is 15.5. The van der Waals surface area contributed by atoms with Crippen LogP contribution in [0.3, 0.4) is 0 Å². The van der Waals surface area contributed by atoms with Gasteiger partial charge in [0.15, 0.2) is 0 Å². The second kappa shape index (κ2) is 6.38. The maximum absolute atomic E-state index is 2.97. The molecular formula is C19H39N. The molecule has 120 valence electrons. The van der Waals surface area contributed by atoms with Gasteiger partial charge < -0.3 is 0 Å². The predicted molar refractivity (Wildman–Crippen MR) is 91.2 cm³/mol. The van der Waals surface area contributed by atoms with Gasteiger partial charge in [0, 0.05) is 16.6 Å². The quantitative estimate of drug-likeness (QED) is 0.608. The Balaban J connectivity index is 3.44. The maximum atomic E-state index is 2.97. The van der Waals surface area contributed by atoms with Crippen LogP contribution >= 0.6 is 0 Å². The number of hydrogen-bond donors (Lipinski definition) is 0. The van der Waals surface area contributed by atoms with Gasteiger partial charge in [-0.2, -0.15) is 0 Å². The van der Waals surface area contributed by atoms with Crippen molar-refractivity contribution in [1.82, 2.24) is 4.90 Å². The number of rotatable bonds is 4. The lowest BCUT2D eigenvalue weighted by Gasteiger charge is -2.59. The van der Waals surface area contributed by atoms with Gasteiger partial charge >= 0.3 is 0 Å². The Morgan fingerprint density at radius 2 is 1.35 bits per heavy atom. The molecule has 1 atom stereocenters. The molecule has 1 saturated heterocycles. The maximum Gasteiger partial charge on any atom is 0.0217 e. The molecule has 0 bridgehead atoms. The van der Waals surface area contributed by atoms with E-state index in [0.717, 1.165) is 5.92 Å². The average molecular weight is 282 g/mol. The van der Waals surface area contributed by atoms with Gasteiger partial charge in [-0.15, -0.1) is 0 Å². The van der Waals surface area contributed by atoms with E-state index in [4.69, 9.17) is 0 Å². The zero-order chi connectivity index (χ0) is 15.6. The summed E-state index contributed by atoms with van der Waals surface area (Å²) < 4.78 is 0. The Bertz CT molecular complexity index is 291. The second-order valence-corrected chi connectivity index (χ2v) is 8.22. The van der Waals surface area contributed by atoms with E-state index in [1.54, 1.807) is 0 Å². The minimum Gasteiger partial charge on any atom is -0.287 e. The molecule has 1 rings (SSSR count). The van der Waals surface area contributed by atoms with Gasteiger partial charge in [-0.05, 0) is 71.6 Å². The van der Waals surface area contributed by atoms with Crippen molar-refractivity contribution in [3.63, 3.8) is 0 Å². The van der Waals surface area contributed by atoms with Crippen molar-refractivity contribution in [2.75, 3.05) is 0 Å². The molecule has 0 N–H and O–H groups in total. The van der Waals surface area contributed by atoms with Crippen LogP contribution < -0.4 is 0 Å². The van der Waals surface area contributed by atoms with Crippen LogP contribution in [0.25, 0.3) is 0 Å². The first-order valence-electron chi connectivity index (χ1n) is 9.01. The Labute approximate surface area is 128 Å². The van der Waals surface area contributed by atoms with Crippen LogP contribution in [0.5, 0.6) is 0 Å². The van der Waals surface area contributed by atoms with Gasteiger partial charge in [0.05, 0.1) is 0 Å². The molecule has 0 radical (unpaired) electrons. The number of nitrogens with zero attached hydrogens (tertiary/aromatic N) is 1. The van der Waals surface area contributed by atoms with E-state index in [9.17, 15) is 0 Å². The first kappa shape index (κ1) is 18.0. The smallest absolute Gasteiger partial charge is 0.0217 e. The summed E-state index contributed by atoms with van der Waals surface area (Å²) >= 11 is 0. The third kappa shape index (κ3) is 3.08. The molecule has 1 heterocycles. The largest absolute Gasteiger partial charge is 0.287 e. The monoisotopic (exact) mass is 281 g/mol. The summed E-state index contributed by atoms with van der Waals surface area (Å²) in [5.41, 5.74) is 1.04. The van der Waals surface area contributed by atoms with Gasteiger partial charge in [0.2, 0.25) is 0 Å². The van der Waals surface area contributed by atoms with Crippen molar-refractivity contribution in [2.45, 2.75) is 117 Å². The first-order chi connectivity index (χ1) is 9.21. The van der Waals surface area contributed by atoms with E-state index in [-0.39, 0.29) is 5.54 Å². The van der Waals surface area contributed by atoms with E-state index in [1.165, 1.54) is 44.9 Å². The molecule has 1 unspecified atom stereocenters. The summed E-state index contributed by atoms with van der Waals surface area (Å²) in [5, 5.41) is 0. The minimum atomic E-state index is 0.252. The van der Waals surface area contributed by atoms with Crippen molar-refractivity contribution >= 4 is 0 Å². The van der Waals surface area contributed by atoms with Crippen LogP contribution in [0.15, 0.2) is 0 Å². The van der Waals surface area contributed by atoms with Gasteiger partial charge in [-0.3, -0.25) is 4.90 Å². The molecule has 0 amide bonds. The van der Waals surface area contributed by atoms with Crippen LogP contribution in [0, 0.1) is 5.92 Å². The van der Waals surface area contributed by atoms with Crippen molar-refractivity contribution in [3.8, 4) is 0 Å². The summed E-state index contributed by atoms with van der Waals surface area (Å²) in [5.74, 6) is 0.861. The van der Waals surface area contributed by atoms with Gasteiger partial charge in [-0.25, -0.2) is 0 Å². The molecule has 0 aromatic heterocycles. The van der Waals surface area contributed by atoms with E-state index in [0.29, 0.717) is 11.1 Å². The summed E-state index contributed by atoms with van der Waals surface area (Å²) in [7, 11) is 0. The molecule has 20 heavy (non-hydrogen) atoms. The van der Waals surface area contributed by atoms with Crippen LogP contribution in [0.1, 0.15) is 100 Å². The lowest BCUT2D eigenvalue weighted by Crippen LogP contribution is -2.66. The summed E-state index contributed by atoms with van der Waals surface area (Å²) in [6.45, 7) is 19.4. The van der Waals surface area contributed by atoms with Crippen LogP contribution in [-0.2, 0) is 0 Å². The molecule has 1 aliphatic rings. The number of hydrogen-bond acceptors (Lipinski definition) is 1. The lowest BCUT2D eigenvalue weighted by atomic mass is 9.76. The third-order valence-corrected chi connectivity index (χ3v) is 6.08. The fourth-order valence-corrected chi connectivity index (χ4v) is 5.17. The third-order valence-electron chi connectivity index (χ3n) is 6.08. The molecule has 0 spiro atoms. The van der Waals surface area contributed by atoms with Crippen molar-refractivity contribution in [2.24, 2.45) is 5.92 Å². The Hall–Kier alpha value is -0.0400. The molecule has 0 aromatic rings. The van der Waals surface area contributed by atoms with E-state index < -0.39 is 0 Å². The fourth-order valence-electron chi connectivity index (χ4n) is 5.17. The van der Waals surface area contributed by atoms with Crippen LogP contribution in [-0.4, -0.2) is 21.5 Å². The molecule has 0 aliphatic carbocycles. The van der Waals surface area contributed by atoms with Crippen molar-refractivity contribution in [3.05, 3.63) is 0 Å². The Morgan fingerprint density at radius 1 is 0.900 bits per heavy atom. The summed E-state index contributed by atoms with van der Waals surface area (Å²) in [4.78, 5) is 2.97. The average Bonchev–Trinajstić information content (AvgIpc) is 2.53. The van der Waals surface area contributed by atoms with E-state index in [2.05, 4.69) is 60.3 Å².